The van der Waals surface area contributed by atoms with Crippen molar-refractivity contribution >= 4 is 40.2 Å². The number of aromatic hydroxyl groups is 1. The fourth-order valence-corrected chi connectivity index (χ4v) is 6.12. The molecular formula is C29H22IN3O6. The van der Waals surface area contributed by atoms with Crippen LogP contribution in [0.3, 0.4) is 0 Å². The minimum absolute atomic E-state index is 0.000356. The van der Waals surface area contributed by atoms with E-state index in [2.05, 4.69) is 0 Å². The standard InChI is InChI=1S/C29H22IN3O6/c1-39-25-13-16(8-10-23(25)34)7-9-19-18-11-12-31-28(37)32(17-5-3-2-4-6-17)29(38)33(31)22(18)14-20-24(35)15-21(30)27(36)26(19)20/h2-11,13,15,19,22,34H,12,14H2,1H3/t19-,22+/m0/s1. The van der Waals surface area contributed by atoms with E-state index < -0.39 is 23.3 Å². The number of aromatic nitrogens is 3. The molecule has 3 aliphatic rings. The number of nitrogens with zero attached hydrogens (tertiary/aromatic N) is 3. The molecule has 196 valence electrons. The molecule has 2 aliphatic carbocycles. The number of rotatable bonds is 4. The summed E-state index contributed by atoms with van der Waals surface area (Å²) in [5.74, 6) is -0.785. The highest BCUT2D eigenvalue weighted by molar-refractivity contribution is 14.1. The van der Waals surface area contributed by atoms with Crippen molar-refractivity contribution in [3.63, 3.8) is 0 Å². The first kappa shape index (κ1) is 25.1. The highest BCUT2D eigenvalue weighted by Crippen LogP contribution is 2.46. The molecule has 1 N–H and O–H groups in total. The molecule has 6 rings (SSSR count). The molecule has 0 bridgehead atoms. The van der Waals surface area contributed by atoms with Gasteiger partial charge in [0.2, 0.25) is 0 Å². The van der Waals surface area contributed by atoms with E-state index >= 15 is 0 Å². The van der Waals surface area contributed by atoms with Gasteiger partial charge in [-0.25, -0.2) is 23.5 Å². The number of carbonyl (C=O) groups is 2. The normalized spacial score (nSPS) is 20.4. The zero-order chi connectivity index (χ0) is 27.4. The molecule has 0 spiro atoms. The third-order valence-corrected chi connectivity index (χ3v) is 8.15. The van der Waals surface area contributed by atoms with Crippen molar-refractivity contribution in [2.75, 3.05) is 7.11 Å². The van der Waals surface area contributed by atoms with Crippen molar-refractivity contribution in [1.82, 2.24) is 13.9 Å². The Labute approximate surface area is 235 Å². The number of phenolic OH excluding ortho intramolecular Hbond substituents is 1. The molecule has 0 saturated heterocycles. The molecular weight excluding hydrogens is 613 g/mol. The fraction of sp³-hybridized carbons (Fsp3) is 0.172. The quantitative estimate of drug-likeness (QED) is 0.267. The average Bonchev–Trinajstić information content (AvgIpc) is 3.20. The molecule has 0 radical (unpaired) electrons. The van der Waals surface area contributed by atoms with Crippen LogP contribution in [-0.2, 0) is 16.1 Å². The summed E-state index contributed by atoms with van der Waals surface area (Å²) in [6.45, 7) is 0.148. The largest absolute Gasteiger partial charge is 0.504 e. The van der Waals surface area contributed by atoms with Crippen molar-refractivity contribution in [2.24, 2.45) is 5.92 Å². The predicted octanol–water partition coefficient (Wildman–Crippen LogP) is 3.50. The first-order valence-electron chi connectivity index (χ1n) is 12.2. The van der Waals surface area contributed by atoms with E-state index in [0.717, 1.165) is 15.7 Å². The topological polar surface area (TPSA) is 113 Å². The Morgan fingerprint density at radius 2 is 1.82 bits per heavy atom. The Bertz CT molecular complexity index is 1800. The lowest BCUT2D eigenvalue weighted by Gasteiger charge is -2.38. The number of fused-ring (bicyclic) bond motifs is 3. The second-order valence-corrected chi connectivity index (χ2v) is 10.6. The van der Waals surface area contributed by atoms with E-state index in [1.54, 1.807) is 48.5 Å². The van der Waals surface area contributed by atoms with E-state index in [1.165, 1.54) is 28.6 Å². The third kappa shape index (κ3) is 3.97. The minimum Gasteiger partial charge on any atom is -0.504 e. The summed E-state index contributed by atoms with van der Waals surface area (Å²) in [5.41, 5.74) is 1.72. The van der Waals surface area contributed by atoms with Gasteiger partial charge in [-0.05, 0) is 58.0 Å². The second kappa shape index (κ2) is 9.53. The molecule has 0 unspecified atom stereocenters. The summed E-state index contributed by atoms with van der Waals surface area (Å²) in [6.07, 6.45) is 6.95. The number of hydrogen-bond donors (Lipinski definition) is 1. The van der Waals surface area contributed by atoms with Gasteiger partial charge in [0.1, 0.15) is 0 Å². The maximum Gasteiger partial charge on any atom is 0.352 e. The van der Waals surface area contributed by atoms with Gasteiger partial charge in [0, 0.05) is 29.6 Å². The van der Waals surface area contributed by atoms with Gasteiger partial charge in [0.25, 0.3) is 0 Å². The lowest BCUT2D eigenvalue weighted by atomic mass is 9.71. The Balaban J connectivity index is 1.51. The summed E-state index contributed by atoms with van der Waals surface area (Å²) < 4.78 is 9.48. The van der Waals surface area contributed by atoms with E-state index in [4.69, 9.17) is 4.74 Å². The number of halogens is 1. The Morgan fingerprint density at radius 1 is 1.05 bits per heavy atom. The van der Waals surface area contributed by atoms with Crippen molar-refractivity contribution in [2.45, 2.75) is 19.0 Å². The number of phenols is 1. The van der Waals surface area contributed by atoms with Gasteiger partial charge in [-0.3, -0.25) is 9.59 Å². The summed E-state index contributed by atoms with van der Waals surface area (Å²) in [5, 5.41) is 9.96. The van der Waals surface area contributed by atoms with Crippen molar-refractivity contribution in [3.8, 4) is 17.2 Å². The molecule has 10 heteroatoms. The highest BCUT2D eigenvalue weighted by atomic mass is 127. The van der Waals surface area contributed by atoms with Crippen molar-refractivity contribution < 1.29 is 19.4 Å². The van der Waals surface area contributed by atoms with Crippen LogP contribution in [0.5, 0.6) is 11.5 Å². The van der Waals surface area contributed by atoms with Crippen LogP contribution in [0.4, 0.5) is 0 Å². The summed E-state index contributed by atoms with van der Waals surface area (Å²) in [4.78, 5) is 53.5. The Hall–Kier alpha value is -4.19. The number of allylic oxidation sites excluding steroid dienone is 7. The Kier molecular flexibility index (Phi) is 6.13. The third-order valence-electron chi connectivity index (χ3n) is 7.35. The lowest BCUT2D eigenvalue weighted by Crippen LogP contribution is -2.41. The van der Waals surface area contributed by atoms with Crippen LogP contribution < -0.4 is 16.1 Å². The zero-order valence-electron chi connectivity index (χ0n) is 20.7. The predicted molar refractivity (Wildman–Crippen MR) is 152 cm³/mol. The number of ether oxygens (including phenoxy) is 1. The fourth-order valence-electron chi connectivity index (χ4n) is 5.55. The summed E-state index contributed by atoms with van der Waals surface area (Å²) >= 11 is 1.88. The van der Waals surface area contributed by atoms with E-state index in [9.17, 15) is 24.3 Å². The molecule has 1 aromatic heterocycles. The van der Waals surface area contributed by atoms with Gasteiger partial charge in [-0.1, -0.05) is 42.5 Å². The van der Waals surface area contributed by atoms with E-state index in [0.29, 0.717) is 26.2 Å². The monoisotopic (exact) mass is 635 g/mol. The molecule has 2 aromatic carbocycles. The van der Waals surface area contributed by atoms with Crippen LogP contribution in [0.25, 0.3) is 11.8 Å². The van der Waals surface area contributed by atoms with Crippen molar-refractivity contribution in [3.05, 3.63) is 114 Å². The number of hydrogen-bond acceptors (Lipinski definition) is 6. The maximum absolute atomic E-state index is 13.7. The SMILES string of the molecule is COc1cc(C=C[C@H]2C3=CCn4c(=O)n(-c5ccccc5)c(=O)n4[C@@H]3CC3=C2C(=O)C(I)=CC3=O)ccc1O. The number of benzene rings is 2. The van der Waals surface area contributed by atoms with Crippen LogP contribution in [-0.4, -0.2) is 37.7 Å². The molecule has 1 aliphatic heterocycles. The maximum atomic E-state index is 13.7. The molecule has 39 heavy (non-hydrogen) atoms. The molecule has 0 saturated carbocycles. The molecule has 3 aromatic rings. The summed E-state index contributed by atoms with van der Waals surface area (Å²) in [6, 6.07) is 13.0. The number of para-hydroxylation sites is 1. The van der Waals surface area contributed by atoms with Crippen LogP contribution in [0.15, 0.2) is 96.6 Å². The van der Waals surface area contributed by atoms with Gasteiger partial charge >= 0.3 is 11.4 Å². The van der Waals surface area contributed by atoms with Gasteiger partial charge in [-0.15, -0.1) is 0 Å². The average molecular weight is 635 g/mol. The van der Waals surface area contributed by atoms with Crippen LogP contribution >= 0.6 is 22.6 Å². The molecule has 2 heterocycles. The first-order chi connectivity index (χ1) is 18.8. The van der Waals surface area contributed by atoms with E-state index in [-0.39, 0.29) is 30.3 Å². The van der Waals surface area contributed by atoms with Gasteiger partial charge in [-0.2, -0.15) is 0 Å². The zero-order valence-corrected chi connectivity index (χ0v) is 22.9. The highest BCUT2D eigenvalue weighted by Gasteiger charge is 2.43. The van der Waals surface area contributed by atoms with Gasteiger partial charge in [0.05, 0.1) is 29.0 Å². The lowest BCUT2D eigenvalue weighted by molar-refractivity contribution is -0.115. The van der Waals surface area contributed by atoms with Gasteiger partial charge < -0.3 is 9.84 Å². The molecule has 0 fully saturated rings. The Morgan fingerprint density at radius 3 is 2.56 bits per heavy atom. The van der Waals surface area contributed by atoms with Crippen LogP contribution in [0.2, 0.25) is 0 Å². The summed E-state index contributed by atoms with van der Waals surface area (Å²) in [7, 11) is 1.46. The van der Waals surface area contributed by atoms with Crippen molar-refractivity contribution in [1.29, 1.82) is 0 Å². The second-order valence-electron chi connectivity index (χ2n) is 9.43. The van der Waals surface area contributed by atoms with E-state index in [1.807, 2.05) is 34.7 Å². The number of Topliss-reactive ketones (excluding diaryl/α,β-unsaturated/α-hetero) is 1. The van der Waals surface area contributed by atoms with Crippen LogP contribution in [0, 0.1) is 5.92 Å². The van der Waals surface area contributed by atoms with Gasteiger partial charge in [0.15, 0.2) is 23.1 Å². The number of methoxy groups -OCH3 is 1. The number of carbonyl (C=O) groups excluding carboxylic acids is 2. The van der Waals surface area contributed by atoms with Crippen LogP contribution in [0.1, 0.15) is 18.0 Å². The molecule has 2 atom stereocenters. The molecule has 9 nitrogen and oxygen atoms in total. The molecule has 0 amide bonds. The number of ketones is 2. The minimum atomic E-state index is -0.618. The first-order valence-corrected chi connectivity index (χ1v) is 13.3. The smallest absolute Gasteiger partial charge is 0.352 e.